The molecule has 1 atom stereocenters. The predicted molar refractivity (Wildman–Crippen MR) is 106 cm³/mol. The van der Waals surface area contributed by atoms with Gasteiger partial charge >= 0.3 is 11.9 Å². The van der Waals surface area contributed by atoms with Crippen LogP contribution in [0.3, 0.4) is 0 Å². The summed E-state index contributed by atoms with van der Waals surface area (Å²) in [6.07, 6.45) is 0. The number of thioether (sulfide) groups is 1. The number of nitro benzene ring substituents is 1. The Morgan fingerprint density at radius 1 is 1.29 bits per heavy atom. The van der Waals surface area contributed by atoms with Crippen LogP contribution >= 0.6 is 11.8 Å². The molecule has 1 aromatic carbocycles. The van der Waals surface area contributed by atoms with Gasteiger partial charge in [-0.15, -0.1) is 0 Å². The molecule has 8 nitrogen and oxygen atoms in total. The molecule has 0 saturated heterocycles. The van der Waals surface area contributed by atoms with Gasteiger partial charge in [-0.1, -0.05) is 19.1 Å². The number of benzene rings is 1. The topological polar surface area (TPSA) is 119 Å². The van der Waals surface area contributed by atoms with Crippen LogP contribution in [0.1, 0.15) is 32.3 Å². The molecule has 0 saturated carbocycles. The zero-order valence-electron chi connectivity index (χ0n) is 15.9. The number of nitrogens with one attached hydrogen (secondary N) is 1. The maximum Gasteiger partial charge on any atom is 0.336 e. The molecular weight excluding hydrogens is 384 g/mol. The van der Waals surface area contributed by atoms with E-state index < -0.39 is 22.8 Å². The van der Waals surface area contributed by atoms with Crippen LogP contribution in [0.2, 0.25) is 0 Å². The Hall–Kier alpha value is -2.81. The van der Waals surface area contributed by atoms with Gasteiger partial charge < -0.3 is 15.2 Å². The van der Waals surface area contributed by atoms with Gasteiger partial charge in [0.1, 0.15) is 6.61 Å². The van der Waals surface area contributed by atoms with Crippen molar-refractivity contribution in [1.82, 2.24) is 5.32 Å². The summed E-state index contributed by atoms with van der Waals surface area (Å²) in [5.74, 6) is -1.29. The highest BCUT2D eigenvalue weighted by Gasteiger charge is 2.37. The fourth-order valence-electron chi connectivity index (χ4n) is 3.11. The van der Waals surface area contributed by atoms with E-state index in [-0.39, 0.29) is 23.4 Å². The number of carbonyl (C=O) groups is 2. The first kappa shape index (κ1) is 21.5. The molecule has 1 aliphatic rings. The van der Waals surface area contributed by atoms with Crippen molar-refractivity contribution in [2.24, 2.45) is 0 Å². The second-order valence-electron chi connectivity index (χ2n) is 6.13. The maximum atomic E-state index is 12.8. The SMILES string of the molecule is CCSCCOC(=O)C1=C(C)NC(C)=C(C(=O)O)C1c1cccc([N+](=O)[O-])c1. The van der Waals surface area contributed by atoms with E-state index in [0.29, 0.717) is 22.7 Å². The second-order valence-corrected chi connectivity index (χ2v) is 7.52. The number of hydrogen-bond acceptors (Lipinski definition) is 7. The lowest BCUT2D eigenvalue weighted by molar-refractivity contribution is -0.384. The fourth-order valence-corrected chi connectivity index (χ4v) is 3.60. The number of hydrogen-bond donors (Lipinski definition) is 2. The summed E-state index contributed by atoms with van der Waals surface area (Å²) >= 11 is 1.62. The minimum absolute atomic E-state index is 0.0408. The van der Waals surface area contributed by atoms with Crippen molar-refractivity contribution in [2.75, 3.05) is 18.1 Å². The summed E-state index contributed by atoms with van der Waals surface area (Å²) in [5, 5.41) is 23.8. The molecule has 0 radical (unpaired) electrons. The van der Waals surface area contributed by atoms with E-state index in [1.165, 1.54) is 18.2 Å². The standard InChI is InChI=1S/C19H22N2O6S/c1-4-28-9-8-27-19(24)16-12(3)20-11(2)15(18(22)23)17(16)13-6-5-7-14(10-13)21(25)26/h5-7,10,17,20H,4,8-9H2,1-3H3,(H,22,23). The van der Waals surface area contributed by atoms with Crippen LogP contribution < -0.4 is 5.32 Å². The molecule has 2 rings (SSSR count). The summed E-state index contributed by atoms with van der Waals surface area (Å²) in [6.45, 7) is 5.44. The smallest absolute Gasteiger partial charge is 0.336 e. The first-order chi connectivity index (χ1) is 13.3. The summed E-state index contributed by atoms with van der Waals surface area (Å²) in [4.78, 5) is 35.3. The van der Waals surface area contributed by atoms with E-state index in [1.807, 2.05) is 6.92 Å². The van der Waals surface area contributed by atoms with Crippen molar-refractivity contribution in [2.45, 2.75) is 26.7 Å². The Morgan fingerprint density at radius 3 is 2.57 bits per heavy atom. The first-order valence-electron chi connectivity index (χ1n) is 8.69. The van der Waals surface area contributed by atoms with Crippen molar-refractivity contribution in [3.63, 3.8) is 0 Å². The lowest BCUT2D eigenvalue weighted by Crippen LogP contribution is -2.32. The van der Waals surface area contributed by atoms with Gasteiger partial charge in [0, 0.05) is 29.3 Å². The Kier molecular flexibility index (Phi) is 7.22. The molecule has 0 aromatic heterocycles. The van der Waals surface area contributed by atoms with Gasteiger partial charge in [-0.2, -0.15) is 11.8 Å². The lowest BCUT2D eigenvalue weighted by atomic mass is 9.80. The number of nitro groups is 1. The van der Waals surface area contributed by atoms with Crippen LogP contribution in [-0.4, -0.2) is 40.1 Å². The van der Waals surface area contributed by atoms with Crippen LogP contribution in [0.15, 0.2) is 46.8 Å². The number of esters is 1. The van der Waals surface area contributed by atoms with Gasteiger partial charge in [0.2, 0.25) is 0 Å². The van der Waals surface area contributed by atoms with Crippen molar-refractivity contribution >= 4 is 29.4 Å². The zero-order valence-corrected chi connectivity index (χ0v) is 16.7. The van der Waals surface area contributed by atoms with E-state index in [9.17, 15) is 24.8 Å². The van der Waals surface area contributed by atoms with Crippen LogP contribution in [-0.2, 0) is 14.3 Å². The number of ether oxygens (including phenoxy) is 1. The quantitative estimate of drug-likeness (QED) is 0.292. The Bertz CT molecular complexity index is 862. The Morgan fingerprint density at radius 2 is 1.96 bits per heavy atom. The van der Waals surface area contributed by atoms with Crippen molar-refractivity contribution in [3.05, 3.63) is 62.5 Å². The number of allylic oxidation sites excluding steroid dienone is 2. The molecule has 1 heterocycles. The number of non-ortho nitro benzene ring substituents is 1. The molecule has 2 N–H and O–H groups in total. The van der Waals surface area contributed by atoms with Crippen LogP contribution in [0.25, 0.3) is 0 Å². The number of dihydropyridines is 1. The summed E-state index contributed by atoms with van der Waals surface area (Å²) in [6, 6.07) is 5.66. The second kappa shape index (κ2) is 9.41. The van der Waals surface area contributed by atoms with Crippen molar-refractivity contribution in [1.29, 1.82) is 0 Å². The third-order valence-electron chi connectivity index (χ3n) is 4.29. The number of aliphatic carboxylic acids is 1. The highest BCUT2D eigenvalue weighted by atomic mass is 32.2. The molecule has 1 aliphatic heterocycles. The molecule has 0 bridgehead atoms. The van der Waals surface area contributed by atoms with E-state index in [2.05, 4.69) is 5.32 Å². The summed E-state index contributed by atoms with van der Waals surface area (Å²) in [5.41, 5.74) is 1.11. The molecule has 0 spiro atoms. The van der Waals surface area contributed by atoms with Gasteiger partial charge in [0.25, 0.3) is 5.69 Å². The van der Waals surface area contributed by atoms with Gasteiger partial charge in [0.05, 0.1) is 22.0 Å². The fraction of sp³-hybridized carbons (Fsp3) is 0.368. The minimum atomic E-state index is -1.21. The normalized spacial score (nSPS) is 16.6. The van der Waals surface area contributed by atoms with Gasteiger partial charge in [-0.3, -0.25) is 10.1 Å². The number of carboxylic acid groups (broad SMARTS) is 1. The molecule has 9 heteroatoms. The highest BCUT2D eigenvalue weighted by molar-refractivity contribution is 7.99. The average molecular weight is 406 g/mol. The molecule has 0 fully saturated rings. The van der Waals surface area contributed by atoms with Gasteiger partial charge in [-0.25, -0.2) is 9.59 Å². The number of carbonyl (C=O) groups excluding carboxylic acids is 1. The summed E-state index contributed by atoms with van der Waals surface area (Å²) < 4.78 is 5.34. The van der Waals surface area contributed by atoms with Crippen molar-refractivity contribution < 1.29 is 24.4 Å². The first-order valence-corrected chi connectivity index (χ1v) is 9.84. The Labute approximate surface area is 166 Å². The molecule has 1 unspecified atom stereocenters. The molecule has 0 amide bonds. The van der Waals surface area contributed by atoms with Gasteiger partial charge in [-0.05, 0) is 25.2 Å². The summed E-state index contributed by atoms with van der Waals surface area (Å²) in [7, 11) is 0. The predicted octanol–water partition coefficient (Wildman–Crippen LogP) is 3.21. The molecular formula is C19H22N2O6S. The maximum absolute atomic E-state index is 12.8. The highest BCUT2D eigenvalue weighted by Crippen LogP contribution is 2.39. The molecule has 150 valence electrons. The van der Waals surface area contributed by atoms with E-state index in [1.54, 1.807) is 31.7 Å². The van der Waals surface area contributed by atoms with Gasteiger partial charge in [0.15, 0.2) is 0 Å². The number of nitrogens with zero attached hydrogens (tertiary/aromatic N) is 1. The van der Waals surface area contributed by atoms with E-state index in [4.69, 9.17) is 4.74 Å². The monoisotopic (exact) mass is 406 g/mol. The van der Waals surface area contributed by atoms with Crippen LogP contribution in [0.4, 0.5) is 5.69 Å². The minimum Gasteiger partial charge on any atom is -0.478 e. The van der Waals surface area contributed by atoms with Crippen LogP contribution in [0, 0.1) is 10.1 Å². The average Bonchev–Trinajstić information content (AvgIpc) is 2.64. The molecule has 1 aromatic rings. The van der Waals surface area contributed by atoms with E-state index in [0.717, 1.165) is 5.75 Å². The number of rotatable bonds is 8. The third kappa shape index (κ3) is 4.72. The molecule has 28 heavy (non-hydrogen) atoms. The molecule has 0 aliphatic carbocycles. The largest absolute Gasteiger partial charge is 0.478 e. The lowest BCUT2D eigenvalue weighted by Gasteiger charge is -2.29. The van der Waals surface area contributed by atoms with Crippen LogP contribution in [0.5, 0.6) is 0 Å². The zero-order chi connectivity index (χ0) is 20.8. The number of carboxylic acids is 1. The third-order valence-corrected chi connectivity index (χ3v) is 5.15. The van der Waals surface area contributed by atoms with Crippen molar-refractivity contribution in [3.8, 4) is 0 Å². The van der Waals surface area contributed by atoms with E-state index >= 15 is 0 Å². The Balaban J connectivity index is 2.50.